The summed E-state index contributed by atoms with van der Waals surface area (Å²) >= 11 is 0. The molecular formula is C17H25F3N4O2S. The van der Waals surface area contributed by atoms with Crippen LogP contribution in [0.4, 0.5) is 13.2 Å². The summed E-state index contributed by atoms with van der Waals surface area (Å²) < 4.78 is 62.8. The van der Waals surface area contributed by atoms with Gasteiger partial charge < -0.3 is 10.6 Å². The molecule has 1 saturated heterocycles. The Hall–Kier alpha value is -1.81. The average Bonchev–Trinajstić information content (AvgIpc) is 2.61. The SMILES string of the molecule is CN=C(NCc1cccc(C(F)(F)F)c1)NCC1CCN(S(C)(=O)=O)CC1. The van der Waals surface area contributed by atoms with Gasteiger partial charge in [-0.3, -0.25) is 4.99 Å². The van der Waals surface area contributed by atoms with Gasteiger partial charge in [0.1, 0.15) is 0 Å². The molecule has 0 aromatic heterocycles. The molecule has 1 fully saturated rings. The number of benzene rings is 1. The van der Waals surface area contributed by atoms with Crippen LogP contribution in [-0.2, 0) is 22.7 Å². The molecule has 1 aromatic rings. The summed E-state index contributed by atoms with van der Waals surface area (Å²) in [6, 6.07) is 5.16. The third kappa shape index (κ3) is 6.69. The first-order valence-electron chi connectivity index (χ1n) is 8.65. The lowest BCUT2D eigenvalue weighted by atomic mass is 9.98. The minimum Gasteiger partial charge on any atom is -0.356 e. The van der Waals surface area contributed by atoms with Crippen LogP contribution in [0.25, 0.3) is 0 Å². The largest absolute Gasteiger partial charge is 0.416 e. The highest BCUT2D eigenvalue weighted by atomic mass is 32.2. The first kappa shape index (κ1) is 21.5. The third-order valence-corrected chi connectivity index (χ3v) is 5.84. The van der Waals surface area contributed by atoms with Gasteiger partial charge in [0.05, 0.1) is 11.8 Å². The normalized spacial score (nSPS) is 17.7. The van der Waals surface area contributed by atoms with E-state index in [1.165, 1.54) is 16.6 Å². The van der Waals surface area contributed by atoms with Crippen molar-refractivity contribution in [3.63, 3.8) is 0 Å². The second-order valence-corrected chi connectivity index (χ2v) is 8.59. The van der Waals surface area contributed by atoms with Gasteiger partial charge in [-0.15, -0.1) is 0 Å². The van der Waals surface area contributed by atoms with E-state index < -0.39 is 21.8 Å². The molecular weight excluding hydrogens is 381 g/mol. The van der Waals surface area contributed by atoms with Crippen LogP contribution in [0.1, 0.15) is 24.0 Å². The topological polar surface area (TPSA) is 73.8 Å². The molecule has 2 rings (SSSR count). The maximum absolute atomic E-state index is 12.8. The smallest absolute Gasteiger partial charge is 0.356 e. The zero-order chi connectivity index (χ0) is 20.1. The number of hydrogen-bond acceptors (Lipinski definition) is 3. The van der Waals surface area contributed by atoms with Crippen molar-refractivity contribution >= 4 is 16.0 Å². The van der Waals surface area contributed by atoms with E-state index in [9.17, 15) is 21.6 Å². The van der Waals surface area contributed by atoms with E-state index in [4.69, 9.17) is 0 Å². The fourth-order valence-corrected chi connectivity index (χ4v) is 3.82. The fraction of sp³-hybridized carbons (Fsp3) is 0.588. The standard InChI is InChI=1S/C17H25F3N4O2S/c1-21-16(22-11-13-6-8-24(9-7-13)27(2,25)26)23-12-14-4-3-5-15(10-14)17(18,19)20/h3-5,10,13H,6-9,11-12H2,1-2H3,(H2,21,22,23). The molecule has 0 radical (unpaired) electrons. The molecule has 0 saturated carbocycles. The second kappa shape index (κ2) is 8.92. The van der Waals surface area contributed by atoms with Crippen molar-refractivity contribution in [2.24, 2.45) is 10.9 Å². The Morgan fingerprint density at radius 3 is 2.48 bits per heavy atom. The van der Waals surface area contributed by atoms with Crippen LogP contribution in [0.15, 0.2) is 29.3 Å². The van der Waals surface area contributed by atoms with E-state index in [1.807, 2.05) is 0 Å². The van der Waals surface area contributed by atoms with Crippen molar-refractivity contribution < 1.29 is 21.6 Å². The Balaban J connectivity index is 1.80. The molecule has 2 N–H and O–H groups in total. The predicted octanol–water partition coefficient (Wildman–Crippen LogP) is 2.04. The molecule has 1 aliphatic rings. The van der Waals surface area contributed by atoms with Crippen molar-refractivity contribution in [2.45, 2.75) is 25.6 Å². The molecule has 10 heteroatoms. The Bertz CT molecular complexity index is 758. The molecule has 0 amide bonds. The first-order valence-corrected chi connectivity index (χ1v) is 10.5. The van der Waals surface area contributed by atoms with Gasteiger partial charge in [0, 0.05) is 33.2 Å². The number of guanidine groups is 1. The Morgan fingerprint density at radius 2 is 1.93 bits per heavy atom. The number of nitrogens with zero attached hydrogens (tertiary/aromatic N) is 2. The summed E-state index contributed by atoms with van der Waals surface area (Å²) in [6.07, 6.45) is -1.64. The maximum atomic E-state index is 12.8. The van der Waals surface area contributed by atoms with Crippen molar-refractivity contribution in [3.8, 4) is 0 Å². The van der Waals surface area contributed by atoms with Crippen molar-refractivity contribution in [2.75, 3.05) is 32.9 Å². The summed E-state index contributed by atoms with van der Waals surface area (Å²) in [7, 11) is -1.55. The fourth-order valence-electron chi connectivity index (χ4n) is 2.95. The van der Waals surface area contributed by atoms with Gasteiger partial charge in [-0.25, -0.2) is 12.7 Å². The first-order chi connectivity index (χ1) is 12.6. The number of alkyl halides is 3. The predicted molar refractivity (Wildman–Crippen MR) is 98.8 cm³/mol. The zero-order valence-electron chi connectivity index (χ0n) is 15.4. The van der Waals surface area contributed by atoms with Gasteiger partial charge in [-0.05, 0) is 36.5 Å². The van der Waals surface area contributed by atoms with Crippen LogP contribution < -0.4 is 10.6 Å². The lowest BCUT2D eigenvalue weighted by Crippen LogP contribution is -2.43. The number of aliphatic imine (C=N–C) groups is 1. The summed E-state index contributed by atoms with van der Waals surface area (Å²) in [5.41, 5.74) is -0.170. The Morgan fingerprint density at radius 1 is 1.26 bits per heavy atom. The van der Waals surface area contributed by atoms with E-state index in [-0.39, 0.29) is 6.54 Å². The van der Waals surface area contributed by atoms with Gasteiger partial charge in [0.15, 0.2) is 5.96 Å². The number of hydrogen-bond donors (Lipinski definition) is 2. The van der Waals surface area contributed by atoms with Crippen LogP contribution in [0.3, 0.4) is 0 Å². The van der Waals surface area contributed by atoms with Gasteiger partial charge in [-0.1, -0.05) is 12.1 Å². The highest BCUT2D eigenvalue weighted by molar-refractivity contribution is 7.88. The molecule has 0 spiro atoms. The maximum Gasteiger partial charge on any atom is 0.416 e. The van der Waals surface area contributed by atoms with Crippen LogP contribution in [0, 0.1) is 5.92 Å². The lowest BCUT2D eigenvalue weighted by molar-refractivity contribution is -0.137. The number of rotatable bonds is 5. The summed E-state index contributed by atoms with van der Waals surface area (Å²) in [4.78, 5) is 4.08. The number of halogens is 3. The second-order valence-electron chi connectivity index (χ2n) is 6.61. The minimum atomic E-state index is -4.36. The number of sulfonamides is 1. The average molecular weight is 406 g/mol. The quantitative estimate of drug-likeness (QED) is 0.580. The van der Waals surface area contributed by atoms with Crippen molar-refractivity contribution in [1.29, 1.82) is 0 Å². The van der Waals surface area contributed by atoms with Gasteiger partial charge in [-0.2, -0.15) is 13.2 Å². The van der Waals surface area contributed by atoms with E-state index in [0.717, 1.165) is 25.0 Å². The molecule has 152 valence electrons. The monoisotopic (exact) mass is 406 g/mol. The molecule has 0 bridgehead atoms. The van der Waals surface area contributed by atoms with Crippen LogP contribution in [0.2, 0.25) is 0 Å². The molecule has 6 nitrogen and oxygen atoms in total. The number of nitrogens with one attached hydrogen (secondary N) is 2. The van der Waals surface area contributed by atoms with E-state index in [0.29, 0.717) is 37.1 Å². The van der Waals surface area contributed by atoms with Gasteiger partial charge in [0.2, 0.25) is 10.0 Å². The molecule has 0 unspecified atom stereocenters. The van der Waals surface area contributed by atoms with E-state index in [2.05, 4.69) is 15.6 Å². The Kier molecular flexibility index (Phi) is 7.10. The summed E-state index contributed by atoms with van der Waals surface area (Å²) in [5.74, 6) is 0.813. The van der Waals surface area contributed by atoms with Crippen LogP contribution >= 0.6 is 0 Å². The molecule has 27 heavy (non-hydrogen) atoms. The number of piperidine rings is 1. The Labute approximate surface area is 157 Å². The highest BCUT2D eigenvalue weighted by Gasteiger charge is 2.30. The van der Waals surface area contributed by atoms with Gasteiger partial charge in [0.25, 0.3) is 0 Å². The zero-order valence-corrected chi connectivity index (χ0v) is 16.2. The van der Waals surface area contributed by atoms with E-state index in [1.54, 1.807) is 13.1 Å². The molecule has 0 aliphatic carbocycles. The summed E-state index contributed by atoms with van der Waals surface area (Å²) in [6.45, 7) is 1.85. The molecule has 0 atom stereocenters. The summed E-state index contributed by atoms with van der Waals surface area (Å²) in [5, 5.41) is 6.16. The third-order valence-electron chi connectivity index (χ3n) is 4.54. The van der Waals surface area contributed by atoms with Gasteiger partial charge >= 0.3 is 6.18 Å². The highest BCUT2D eigenvalue weighted by Crippen LogP contribution is 2.29. The van der Waals surface area contributed by atoms with Crippen LogP contribution in [0.5, 0.6) is 0 Å². The molecule has 1 aromatic carbocycles. The molecule has 1 aliphatic heterocycles. The van der Waals surface area contributed by atoms with E-state index >= 15 is 0 Å². The van der Waals surface area contributed by atoms with Crippen molar-refractivity contribution in [1.82, 2.24) is 14.9 Å². The van der Waals surface area contributed by atoms with Crippen LogP contribution in [-0.4, -0.2) is 51.6 Å². The lowest BCUT2D eigenvalue weighted by Gasteiger charge is -2.30. The molecule has 1 heterocycles. The minimum absolute atomic E-state index is 0.218. The van der Waals surface area contributed by atoms with Crippen molar-refractivity contribution in [3.05, 3.63) is 35.4 Å².